The Labute approximate surface area is 173 Å². The van der Waals surface area contributed by atoms with E-state index < -0.39 is 11.8 Å². The quantitative estimate of drug-likeness (QED) is 0.372. The van der Waals surface area contributed by atoms with E-state index in [9.17, 15) is 14.0 Å². The third-order valence-corrected chi connectivity index (χ3v) is 4.09. The molecule has 0 aliphatic heterocycles. The Bertz CT molecular complexity index is 1070. The highest BCUT2D eigenvalue weighted by Gasteiger charge is 2.12. The van der Waals surface area contributed by atoms with Crippen LogP contribution in [0.1, 0.15) is 16.7 Å². The number of anilines is 1. The fraction of sp³-hybridized carbons (Fsp3) is 0.0870. The molecule has 0 fully saturated rings. The zero-order chi connectivity index (χ0) is 21.3. The Kier molecular flexibility index (Phi) is 6.89. The van der Waals surface area contributed by atoms with E-state index in [1.165, 1.54) is 18.3 Å². The molecule has 0 unspecified atom stereocenters. The Balaban J connectivity index is 1.57. The minimum absolute atomic E-state index is 0.175. The van der Waals surface area contributed by atoms with Crippen molar-refractivity contribution in [3.63, 3.8) is 0 Å². The van der Waals surface area contributed by atoms with Crippen molar-refractivity contribution >= 4 is 23.7 Å². The van der Waals surface area contributed by atoms with Crippen LogP contribution in [0.15, 0.2) is 77.9 Å². The normalized spacial score (nSPS) is 10.6. The molecule has 7 heteroatoms. The lowest BCUT2D eigenvalue weighted by molar-refractivity contribution is -0.136. The minimum Gasteiger partial charge on any atom is -0.488 e. The number of amides is 2. The highest BCUT2D eigenvalue weighted by atomic mass is 19.1. The third-order valence-electron chi connectivity index (χ3n) is 4.09. The van der Waals surface area contributed by atoms with Gasteiger partial charge in [-0.1, -0.05) is 42.0 Å². The number of halogens is 1. The monoisotopic (exact) mass is 405 g/mol. The minimum atomic E-state index is -0.898. The predicted molar refractivity (Wildman–Crippen MR) is 113 cm³/mol. The lowest BCUT2D eigenvalue weighted by Gasteiger charge is -2.09. The van der Waals surface area contributed by atoms with Crippen molar-refractivity contribution in [1.82, 2.24) is 5.43 Å². The highest BCUT2D eigenvalue weighted by molar-refractivity contribution is 6.39. The van der Waals surface area contributed by atoms with E-state index in [-0.39, 0.29) is 12.4 Å². The Morgan fingerprint density at radius 3 is 2.53 bits per heavy atom. The summed E-state index contributed by atoms with van der Waals surface area (Å²) < 4.78 is 19.0. The van der Waals surface area contributed by atoms with E-state index >= 15 is 0 Å². The summed E-state index contributed by atoms with van der Waals surface area (Å²) in [6, 6.07) is 20.2. The lowest BCUT2D eigenvalue weighted by atomic mass is 10.2. The fourth-order valence-corrected chi connectivity index (χ4v) is 2.54. The Morgan fingerprint density at radius 1 is 1.00 bits per heavy atom. The molecule has 0 saturated heterocycles. The molecule has 0 aromatic heterocycles. The van der Waals surface area contributed by atoms with E-state index in [2.05, 4.69) is 15.8 Å². The van der Waals surface area contributed by atoms with Crippen molar-refractivity contribution < 1.29 is 18.7 Å². The smallest absolute Gasteiger partial charge is 0.329 e. The zero-order valence-corrected chi connectivity index (χ0v) is 16.3. The van der Waals surface area contributed by atoms with Crippen molar-refractivity contribution in [2.75, 3.05) is 5.32 Å². The molecule has 0 aliphatic carbocycles. The fourth-order valence-electron chi connectivity index (χ4n) is 2.54. The number of rotatable bonds is 6. The molecule has 2 amide bonds. The van der Waals surface area contributed by atoms with E-state index in [1.807, 2.05) is 19.1 Å². The van der Waals surface area contributed by atoms with Crippen LogP contribution in [-0.4, -0.2) is 18.0 Å². The van der Waals surface area contributed by atoms with Gasteiger partial charge >= 0.3 is 11.8 Å². The van der Waals surface area contributed by atoms with E-state index in [0.29, 0.717) is 22.6 Å². The van der Waals surface area contributed by atoms with Gasteiger partial charge in [0.1, 0.15) is 18.2 Å². The maximum absolute atomic E-state index is 13.3. The average Bonchev–Trinajstić information content (AvgIpc) is 2.74. The number of benzene rings is 3. The summed E-state index contributed by atoms with van der Waals surface area (Å²) in [6.45, 7) is 2.10. The first-order chi connectivity index (χ1) is 14.5. The lowest BCUT2D eigenvalue weighted by Crippen LogP contribution is -2.32. The second-order valence-corrected chi connectivity index (χ2v) is 6.48. The van der Waals surface area contributed by atoms with Crippen molar-refractivity contribution in [3.8, 4) is 5.75 Å². The number of carbonyl (C=O) groups is 2. The van der Waals surface area contributed by atoms with Gasteiger partial charge in [0.25, 0.3) is 0 Å². The number of carbonyl (C=O) groups excluding carboxylic acids is 2. The second kappa shape index (κ2) is 9.97. The van der Waals surface area contributed by atoms with Gasteiger partial charge in [-0.25, -0.2) is 9.82 Å². The zero-order valence-electron chi connectivity index (χ0n) is 16.3. The van der Waals surface area contributed by atoms with Gasteiger partial charge in [0, 0.05) is 11.3 Å². The van der Waals surface area contributed by atoms with Crippen LogP contribution >= 0.6 is 0 Å². The second-order valence-electron chi connectivity index (χ2n) is 6.48. The first kappa shape index (κ1) is 20.7. The maximum atomic E-state index is 13.3. The average molecular weight is 405 g/mol. The summed E-state index contributed by atoms with van der Waals surface area (Å²) in [7, 11) is 0. The number of hydrogen-bond acceptors (Lipinski definition) is 4. The van der Waals surface area contributed by atoms with Crippen molar-refractivity contribution in [2.24, 2.45) is 5.10 Å². The SMILES string of the molecule is Cc1ccc(NC(=O)C(=O)N/N=C\c2ccccc2OCc2cccc(F)c2)cc1. The van der Waals surface area contributed by atoms with Gasteiger partial charge in [0.2, 0.25) is 0 Å². The summed E-state index contributed by atoms with van der Waals surface area (Å²) >= 11 is 0. The number of nitrogens with zero attached hydrogens (tertiary/aromatic N) is 1. The molecule has 152 valence electrons. The summed E-state index contributed by atoms with van der Waals surface area (Å²) in [5.74, 6) is -1.56. The predicted octanol–water partition coefficient (Wildman–Crippen LogP) is 3.80. The molecule has 2 N–H and O–H groups in total. The van der Waals surface area contributed by atoms with Crippen LogP contribution in [0.5, 0.6) is 5.75 Å². The van der Waals surface area contributed by atoms with Crippen LogP contribution in [0.4, 0.5) is 10.1 Å². The maximum Gasteiger partial charge on any atom is 0.329 e. The van der Waals surface area contributed by atoms with Crippen molar-refractivity contribution in [3.05, 3.63) is 95.3 Å². The van der Waals surface area contributed by atoms with Crippen LogP contribution in [0.2, 0.25) is 0 Å². The van der Waals surface area contributed by atoms with Gasteiger partial charge in [0.15, 0.2) is 0 Å². The van der Waals surface area contributed by atoms with Gasteiger partial charge in [-0.3, -0.25) is 9.59 Å². The summed E-state index contributed by atoms with van der Waals surface area (Å²) in [6.07, 6.45) is 1.37. The van der Waals surface area contributed by atoms with Crippen molar-refractivity contribution in [2.45, 2.75) is 13.5 Å². The van der Waals surface area contributed by atoms with Gasteiger partial charge < -0.3 is 10.1 Å². The largest absolute Gasteiger partial charge is 0.488 e. The number of aryl methyl sites for hydroxylation is 1. The van der Waals surface area contributed by atoms with E-state index in [4.69, 9.17) is 4.74 Å². The molecule has 30 heavy (non-hydrogen) atoms. The molecule has 3 rings (SSSR count). The molecule has 0 aliphatic rings. The van der Waals surface area contributed by atoms with Crippen LogP contribution in [0.25, 0.3) is 0 Å². The number of hydrazone groups is 1. The Morgan fingerprint density at radius 2 is 1.77 bits per heavy atom. The molecule has 0 saturated carbocycles. The molecular formula is C23H20FN3O3. The van der Waals surface area contributed by atoms with Gasteiger partial charge in [-0.15, -0.1) is 0 Å². The standard InChI is InChI=1S/C23H20FN3O3/c1-16-9-11-20(12-10-16)26-22(28)23(29)27-25-14-18-6-2-3-8-21(18)30-15-17-5-4-7-19(24)13-17/h2-14H,15H2,1H3,(H,26,28)(H,27,29)/b25-14-. The van der Waals surface area contributed by atoms with Gasteiger partial charge in [-0.05, 0) is 48.9 Å². The molecule has 6 nitrogen and oxygen atoms in total. The molecule has 3 aromatic rings. The van der Waals surface area contributed by atoms with Crippen LogP contribution in [-0.2, 0) is 16.2 Å². The van der Waals surface area contributed by atoms with Crippen LogP contribution in [0.3, 0.4) is 0 Å². The van der Waals surface area contributed by atoms with Gasteiger partial charge in [-0.2, -0.15) is 5.10 Å². The first-order valence-corrected chi connectivity index (χ1v) is 9.18. The molecule has 0 spiro atoms. The topological polar surface area (TPSA) is 79.8 Å². The number of nitrogens with one attached hydrogen (secondary N) is 2. The number of para-hydroxylation sites is 1. The first-order valence-electron chi connectivity index (χ1n) is 9.18. The third kappa shape index (κ3) is 6.00. The summed E-state index contributed by atoms with van der Waals surface area (Å²) in [5.41, 5.74) is 5.02. The van der Waals surface area contributed by atoms with E-state index in [1.54, 1.807) is 48.5 Å². The van der Waals surface area contributed by atoms with Crippen LogP contribution < -0.4 is 15.5 Å². The van der Waals surface area contributed by atoms with Crippen molar-refractivity contribution in [1.29, 1.82) is 0 Å². The molecule has 0 radical (unpaired) electrons. The number of hydrogen-bond donors (Lipinski definition) is 2. The summed E-state index contributed by atoms with van der Waals surface area (Å²) in [5, 5.41) is 6.31. The highest BCUT2D eigenvalue weighted by Crippen LogP contribution is 2.18. The molecule has 3 aromatic carbocycles. The van der Waals surface area contributed by atoms with Gasteiger partial charge in [0.05, 0.1) is 6.21 Å². The molecule has 0 bridgehead atoms. The molecule has 0 atom stereocenters. The summed E-state index contributed by atoms with van der Waals surface area (Å²) in [4.78, 5) is 23.9. The van der Waals surface area contributed by atoms with E-state index in [0.717, 1.165) is 5.56 Å². The Hall–Kier alpha value is -4.00. The molecule has 0 heterocycles. The van der Waals surface area contributed by atoms with Crippen LogP contribution in [0, 0.1) is 12.7 Å². The number of ether oxygens (including phenoxy) is 1. The molecular weight excluding hydrogens is 385 g/mol.